The minimum Gasteiger partial charge on any atom is -0.390 e. The van der Waals surface area contributed by atoms with Crippen molar-refractivity contribution in [3.63, 3.8) is 0 Å². The number of aromatic nitrogens is 3. The highest BCUT2D eigenvalue weighted by Crippen LogP contribution is 2.29. The van der Waals surface area contributed by atoms with E-state index >= 15 is 0 Å². The fourth-order valence-electron chi connectivity index (χ4n) is 3.52. The van der Waals surface area contributed by atoms with Crippen LogP contribution in [0.4, 0.5) is 23.0 Å². The van der Waals surface area contributed by atoms with Crippen LogP contribution in [0.5, 0.6) is 0 Å². The largest absolute Gasteiger partial charge is 0.390 e. The van der Waals surface area contributed by atoms with Crippen LogP contribution in [0.15, 0.2) is 66.0 Å². The minimum absolute atomic E-state index is 0.378. The fraction of sp³-hybridized carbons (Fsp3) is 0.115. The summed E-state index contributed by atoms with van der Waals surface area (Å²) in [5.74, 6) is 6.10. The maximum atomic E-state index is 12.2. The highest BCUT2D eigenvalue weighted by Gasteiger charge is 2.09. The molecule has 192 valence electrons. The van der Waals surface area contributed by atoms with E-state index < -0.39 is 5.91 Å². The zero-order chi connectivity index (χ0) is 26.7. The number of carbonyl (C=O) groups is 1. The Balaban J connectivity index is 1.49. The Morgan fingerprint density at radius 3 is 2.84 bits per heavy atom. The first-order valence-corrected chi connectivity index (χ1v) is 15.7. The van der Waals surface area contributed by atoms with E-state index in [0.717, 1.165) is 27.7 Å². The van der Waals surface area contributed by atoms with E-state index in [2.05, 4.69) is 64.5 Å². The number of fused-ring (bicyclic) bond motifs is 1. The summed E-state index contributed by atoms with van der Waals surface area (Å²) in [5.41, 5.74) is 9.40. The monoisotopic (exact) mass is 657 g/mol. The number of rotatable bonds is 9. The summed E-state index contributed by atoms with van der Waals surface area (Å²) in [6, 6.07) is 14.9. The Kier molecular flexibility index (Phi) is 10.2. The third-order valence-corrected chi connectivity index (χ3v) is 6.81. The van der Waals surface area contributed by atoms with Crippen molar-refractivity contribution in [3.8, 4) is 11.8 Å². The molecule has 0 fully saturated rings. The Morgan fingerprint density at radius 1 is 1.16 bits per heavy atom. The zero-order valence-electron chi connectivity index (χ0n) is 19.9. The number of pyridine rings is 1. The molecule has 0 aliphatic rings. The molecule has 4 rings (SSSR count). The molecule has 38 heavy (non-hydrogen) atoms. The van der Waals surface area contributed by atoms with Gasteiger partial charge in [-0.15, -0.1) is 0 Å². The topological polar surface area (TPSA) is 127 Å². The van der Waals surface area contributed by atoms with Gasteiger partial charge in [-0.3, -0.25) is 4.79 Å². The summed E-state index contributed by atoms with van der Waals surface area (Å²) in [4.78, 5) is 29.1. The molecule has 0 radical (unpaired) electrons. The van der Waals surface area contributed by atoms with E-state index in [1.165, 1.54) is 12.7 Å². The Labute approximate surface area is 239 Å². The summed E-state index contributed by atoms with van der Waals surface area (Å²) in [7, 11) is 0. The van der Waals surface area contributed by atoms with Gasteiger partial charge in [0.25, 0.3) is 5.91 Å². The zero-order valence-corrected chi connectivity index (χ0v) is 23.8. The summed E-state index contributed by atoms with van der Waals surface area (Å²) in [6.07, 6.45) is 5.49. The van der Waals surface area contributed by atoms with Crippen LogP contribution in [0.2, 0.25) is 5.02 Å². The van der Waals surface area contributed by atoms with Crippen molar-refractivity contribution in [3.05, 3.63) is 77.2 Å². The van der Waals surface area contributed by atoms with Crippen molar-refractivity contribution in [2.45, 2.75) is 12.8 Å². The first-order valence-electron chi connectivity index (χ1n) is 11.3. The fourth-order valence-corrected chi connectivity index (χ4v) is 4.61. The number of nitrogens with two attached hydrogens (primary N) is 1. The maximum absolute atomic E-state index is 12.2. The molecule has 2 heterocycles. The van der Waals surface area contributed by atoms with Gasteiger partial charge in [0.1, 0.15) is 12.1 Å². The number of hydrogen-bond donors (Lipinski definition) is 3. The van der Waals surface area contributed by atoms with Crippen LogP contribution in [0, 0.1) is 11.8 Å². The number of halogens is 2. The Bertz CT molecular complexity index is 1540. The predicted octanol–water partition coefficient (Wildman–Crippen LogP) is 5.92. The molecule has 0 saturated carbocycles. The lowest BCUT2D eigenvalue weighted by Gasteiger charge is -2.12. The molecule has 4 aromatic rings. The quantitative estimate of drug-likeness (QED) is 0.0509. The number of amides is 1. The first-order chi connectivity index (χ1) is 18.6. The van der Waals surface area contributed by atoms with Crippen molar-refractivity contribution >= 4 is 86.3 Å². The maximum Gasteiger partial charge on any atom is 0.300 e. The van der Waals surface area contributed by atoms with Gasteiger partial charge >= 0.3 is 0 Å². The van der Waals surface area contributed by atoms with Gasteiger partial charge in [0.15, 0.2) is 5.82 Å². The van der Waals surface area contributed by atoms with Crippen LogP contribution in [0.25, 0.3) is 10.9 Å². The SMILES string of the molecule is NC=Nc1cc(Cc2ccc(Nc3ncnc4ccc(NC(=O)C#CCCOPI)cc34)cc2Cl)ccn1. The van der Waals surface area contributed by atoms with Crippen LogP contribution in [0.1, 0.15) is 17.5 Å². The van der Waals surface area contributed by atoms with E-state index in [0.29, 0.717) is 48.2 Å². The van der Waals surface area contributed by atoms with Crippen molar-refractivity contribution in [2.75, 3.05) is 17.2 Å². The van der Waals surface area contributed by atoms with E-state index in [4.69, 9.17) is 21.9 Å². The van der Waals surface area contributed by atoms with Gasteiger partial charge in [-0.05, 0) is 88.0 Å². The van der Waals surface area contributed by atoms with Crippen LogP contribution in [-0.4, -0.2) is 33.8 Å². The summed E-state index contributed by atoms with van der Waals surface area (Å²) >= 11 is 8.75. The van der Waals surface area contributed by atoms with E-state index in [1.54, 1.807) is 18.3 Å². The highest BCUT2D eigenvalue weighted by molar-refractivity contribution is 14.2. The Hall–Kier alpha value is -3.36. The van der Waals surface area contributed by atoms with Gasteiger partial charge in [-0.25, -0.2) is 19.9 Å². The lowest BCUT2D eigenvalue weighted by atomic mass is 10.1. The number of carbonyl (C=O) groups excluding carboxylic acids is 1. The first kappa shape index (κ1) is 27.7. The Morgan fingerprint density at radius 2 is 2.03 bits per heavy atom. The van der Waals surface area contributed by atoms with Gasteiger partial charge in [0.2, 0.25) is 0 Å². The average Bonchev–Trinajstić information content (AvgIpc) is 2.91. The molecule has 0 saturated heterocycles. The van der Waals surface area contributed by atoms with Crippen LogP contribution in [-0.2, 0) is 15.7 Å². The molecular formula is C26H22ClIN7O2P. The van der Waals surface area contributed by atoms with Crippen molar-refractivity contribution in [1.82, 2.24) is 15.0 Å². The van der Waals surface area contributed by atoms with Crippen molar-refractivity contribution < 1.29 is 9.32 Å². The molecule has 1 unspecified atom stereocenters. The molecular weight excluding hydrogens is 636 g/mol. The van der Waals surface area contributed by atoms with Gasteiger partial charge in [-0.1, -0.05) is 23.6 Å². The minimum atomic E-state index is -0.397. The number of aliphatic imine (C=N–C) groups is 1. The summed E-state index contributed by atoms with van der Waals surface area (Å²) in [6.45, 7) is 0.882. The smallest absolute Gasteiger partial charge is 0.300 e. The number of nitrogens with zero attached hydrogens (tertiary/aromatic N) is 4. The van der Waals surface area contributed by atoms with E-state index in [1.807, 2.05) is 36.4 Å². The third kappa shape index (κ3) is 7.82. The molecule has 1 atom stereocenters. The molecule has 4 N–H and O–H groups in total. The van der Waals surface area contributed by atoms with Crippen molar-refractivity contribution in [2.24, 2.45) is 10.7 Å². The second-order valence-corrected chi connectivity index (χ2v) is 9.97. The molecule has 1 amide bonds. The second kappa shape index (κ2) is 14.0. The molecule has 2 aromatic carbocycles. The molecule has 0 bridgehead atoms. The molecule has 0 aliphatic heterocycles. The molecule has 0 spiro atoms. The third-order valence-electron chi connectivity index (χ3n) is 5.21. The molecule has 0 aliphatic carbocycles. The second-order valence-electron chi connectivity index (χ2n) is 7.79. The number of anilines is 3. The van der Waals surface area contributed by atoms with Crippen LogP contribution >= 0.6 is 40.1 Å². The predicted molar refractivity (Wildman–Crippen MR) is 163 cm³/mol. The van der Waals surface area contributed by atoms with Gasteiger partial charge in [0, 0.05) is 34.4 Å². The summed E-state index contributed by atoms with van der Waals surface area (Å²) < 4.78 is 5.24. The average molecular weight is 658 g/mol. The van der Waals surface area contributed by atoms with E-state index in [-0.39, 0.29) is 0 Å². The van der Waals surface area contributed by atoms with Gasteiger partial charge in [0.05, 0.1) is 24.9 Å². The molecule has 12 heteroatoms. The highest BCUT2D eigenvalue weighted by atomic mass is 127. The van der Waals surface area contributed by atoms with Crippen LogP contribution < -0.4 is 16.4 Å². The lowest BCUT2D eigenvalue weighted by molar-refractivity contribution is -0.111. The lowest BCUT2D eigenvalue weighted by Crippen LogP contribution is -2.08. The van der Waals surface area contributed by atoms with Gasteiger partial charge < -0.3 is 20.9 Å². The van der Waals surface area contributed by atoms with Crippen molar-refractivity contribution in [1.29, 1.82) is 0 Å². The number of nitrogens with one attached hydrogen (secondary N) is 2. The van der Waals surface area contributed by atoms with E-state index in [9.17, 15) is 4.79 Å². The number of hydrogen-bond acceptors (Lipinski definition) is 7. The van der Waals surface area contributed by atoms with Crippen LogP contribution in [0.3, 0.4) is 0 Å². The normalized spacial score (nSPS) is 11.1. The summed E-state index contributed by atoms with van der Waals surface area (Å²) in [5, 5.41) is 7.43. The molecule has 2 aromatic heterocycles. The standard InChI is InChI=1S/C26H22ClIN7O2P/c27-22-14-20(5-4-18(22)11-17-8-9-30-24(12-17)31-15-29)35-26-21-13-19(6-7-23(21)32-16-33-26)34-25(36)3-1-2-10-37-38-28/h4-9,12-16,38H,2,10-11H2,(H,34,36)(H2,29,30,31)(H,32,33,35). The molecule has 9 nitrogen and oxygen atoms in total. The number of benzene rings is 2. The van der Waals surface area contributed by atoms with Gasteiger partial charge in [-0.2, -0.15) is 0 Å².